The van der Waals surface area contributed by atoms with E-state index in [9.17, 15) is 9.59 Å². The Balaban J connectivity index is 1.80. The van der Waals surface area contributed by atoms with Crippen LogP contribution >= 0.6 is 0 Å². The monoisotopic (exact) mass is 385 g/mol. The lowest BCUT2D eigenvalue weighted by atomic mass is 10.1. The molecule has 5 heteroatoms. The van der Waals surface area contributed by atoms with Crippen molar-refractivity contribution in [2.24, 2.45) is 0 Å². The van der Waals surface area contributed by atoms with Gasteiger partial charge in [0.15, 0.2) is 0 Å². The van der Waals surface area contributed by atoms with E-state index in [1.807, 2.05) is 62.4 Å². The Kier molecular flexibility index (Phi) is 6.53. The number of pyridine rings is 1. The molecule has 0 spiro atoms. The van der Waals surface area contributed by atoms with E-state index in [0.29, 0.717) is 12.1 Å². The number of hydrogen-bond acceptors (Lipinski definition) is 3. The molecule has 5 nitrogen and oxygen atoms in total. The number of rotatable bonds is 6. The van der Waals surface area contributed by atoms with Gasteiger partial charge in [0.1, 0.15) is 5.70 Å². The molecule has 0 aliphatic heterocycles. The zero-order valence-electron chi connectivity index (χ0n) is 16.5. The normalized spacial score (nSPS) is 11.0. The minimum Gasteiger partial charge on any atom is -0.347 e. The summed E-state index contributed by atoms with van der Waals surface area (Å²) in [5.41, 5.74) is 4.61. The fourth-order valence-electron chi connectivity index (χ4n) is 2.67. The van der Waals surface area contributed by atoms with Crippen LogP contribution in [0.2, 0.25) is 0 Å². The molecule has 3 rings (SSSR count). The highest BCUT2D eigenvalue weighted by Gasteiger charge is 2.14. The molecular formula is C24H23N3O2. The van der Waals surface area contributed by atoms with Crippen molar-refractivity contribution < 1.29 is 9.59 Å². The summed E-state index contributed by atoms with van der Waals surface area (Å²) >= 11 is 0. The van der Waals surface area contributed by atoms with Crippen molar-refractivity contribution >= 4 is 17.9 Å². The van der Waals surface area contributed by atoms with Crippen LogP contribution in [-0.2, 0) is 11.3 Å². The van der Waals surface area contributed by atoms with E-state index >= 15 is 0 Å². The lowest BCUT2D eigenvalue weighted by Crippen LogP contribution is -2.34. The van der Waals surface area contributed by atoms with Gasteiger partial charge in [-0.05, 0) is 55.3 Å². The first-order valence-electron chi connectivity index (χ1n) is 9.35. The minimum absolute atomic E-state index is 0.188. The van der Waals surface area contributed by atoms with Crippen molar-refractivity contribution in [2.45, 2.75) is 20.4 Å². The lowest BCUT2D eigenvalue weighted by Gasteiger charge is -2.12. The van der Waals surface area contributed by atoms with Crippen molar-refractivity contribution in [3.63, 3.8) is 0 Å². The number of carbonyl (C=O) groups excluding carboxylic acids is 2. The minimum atomic E-state index is -0.358. The van der Waals surface area contributed by atoms with Gasteiger partial charge in [-0.3, -0.25) is 14.6 Å². The number of aryl methyl sites for hydroxylation is 2. The fourth-order valence-corrected chi connectivity index (χ4v) is 2.67. The van der Waals surface area contributed by atoms with Crippen LogP contribution in [0.1, 0.15) is 32.6 Å². The van der Waals surface area contributed by atoms with E-state index < -0.39 is 0 Å². The molecule has 0 radical (unpaired) electrons. The van der Waals surface area contributed by atoms with Crippen LogP contribution in [-0.4, -0.2) is 16.8 Å². The maximum atomic E-state index is 12.8. The number of carbonyl (C=O) groups is 2. The second-order valence-electron chi connectivity index (χ2n) is 6.83. The Bertz CT molecular complexity index is 1010. The fraction of sp³-hybridized carbons (Fsp3) is 0.125. The summed E-state index contributed by atoms with van der Waals surface area (Å²) in [7, 11) is 0. The number of nitrogens with one attached hydrogen (secondary N) is 2. The van der Waals surface area contributed by atoms with Crippen molar-refractivity contribution in [3.05, 3.63) is 107 Å². The van der Waals surface area contributed by atoms with Gasteiger partial charge in [0.2, 0.25) is 0 Å². The summed E-state index contributed by atoms with van der Waals surface area (Å²) in [4.78, 5) is 29.4. The highest BCUT2D eigenvalue weighted by Crippen LogP contribution is 2.10. The first-order valence-corrected chi connectivity index (χ1v) is 9.35. The molecule has 0 saturated carbocycles. The Morgan fingerprint density at radius 1 is 0.862 bits per heavy atom. The van der Waals surface area contributed by atoms with Gasteiger partial charge < -0.3 is 10.6 Å². The van der Waals surface area contributed by atoms with Gasteiger partial charge in [0.05, 0.1) is 0 Å². The van der Waals surface area contributed by atoms with Gasteiger partial charge in [-0.1, -0.05) is 47.5 Å². The first-order chi connectivity index (χ1) is 14.0. The Morgan fingerprint density at radius 2 is 1.45 bits per heavy atom. The zero-order chi connectivity index (χ0) is 20.6. The van der Waals surface area contributed by atoms with E-state index in [0.717, 1.165) is 22.3 Å². The number of amides is 2. The molecular weight excluding hydrogens is 362 g/mol. The van der Waals surface area contributed by atoms with Gasteiger partial charge in [0, 0.05) is 24.5 Å². The zero-order valence-corrected chi connectivity index (χ0v) is 16.5. The molecule has 1 aromatic heterocycles. The number of benzene rings is 2. The molecule has 3 aromatic rings. The van der Waals surface area contributed by atoms with Crippen molar-refractivity contribution in [1.29, 1.82) is 0 Å². The molecule has 29 heavy (non-hydrogen) atoms. The molecule has 0 fully saturated rings. The molecule has 0 bridgehead atoms. The van der Waals surface area contributed by atoms with Crippen LogP contribution in [0, 0.1) is 13.8 Å². The number of nitrogens with zero attached hydrogens (tertiary/aromatic N) is 1. The standard InChI is InChI=1S/C24H23N3O2/c1-17-3-7-19(8-4-17)15-22(24(29)26-16-20-11-13-25-14-12-20)27-23(28)21-9-5-18(2)6-10-21/h3-15H,16H2,1-2H3,(H,26,29)(H,27,28)/b22-15-. The van der Waals surface area contributed by atoms with Gasteiger partial charge in [-0.15, -0.1) is 0 Å². The Hall–Kier alpha value is -3.73. The Labute approximate surface area is 170 Å². The predicted molar refractivity (Wildman–Crippen MR) is 114 cm³/mol. The van der Waals surface area contributed by atoms with Crippen molar-refractivity contribution in [3.8, 4) is 0 Å². The van der Waals surface area contributed by atoms with Crippen molar-refractivity contribution in [1.82, 2.24) is 15.6 Å². The molecule has 0 aliphatic carbocycles. The summed E-state index contributed by atoms with van der Waals surface area (Å²) in [6.45, 7) is 4.29. The van der Waals surface area contributed by atoms with Gasteiger partial charge in [-0.25, -0.2) is 0 Å². The second-order valence-corrected chi connectivity index (χ2v) is 6.83. The van der Waals surface area contributed by atoms with Crippen LogP contribution in [0.15, 0.2) is 78.8 Å². The largest absolute Gasteiger partial charge is 0.347 e. The lowest BCUT2D eigenvalue weighted by molar-refractivity contribution is -0.117. The Morgan fingerprint density at radius 3 is 2.07 bits per heavy atom. The summed E-state index contributed by atoms with van der Waals surface area (Å²) in [6, 6.07) is 18.6. The third-order valence-electron chi connectivity index (χ3n) is 4.40. The number of aromatic nitrogens is 1. The summed E-state index contributed by atoms with van der Waals surface area (Å²) in [5.74, 6) is -0.690. The molecule has 0 aliphatic rings. The molecule has 2 aromatic carbocycles. The average Bonchev–Trinajstić information content (AvgIpc) is 2.74. The smallest absolute Gasteiger partial charge is 0.268 e. The number of hydrogen-bond donors (Lipinski definition) is 2. The van der Waals surface area contributed by atoms with E-state index in [1.165, 1.54) is 0 Å². The van der Waals surface area contributed by atoms with E-state index in [4.69, 9.17) is 0 Å². The maximum Gasteiger partial charge on any atom is 0.268 e. The summed E-state index contributed by atoms with van der Waals surface area (Å²) in [6.07, 6.45) is 5.01. The van der Waals surface area contributed by atoms with E-state index in [1.54, 1.807) is 30.6 Å². The van der Waals surface area contributed by atoms with Crippen LogP contribution in [0.5, 0.6) is 0 Å². The molecule has 0 saturated heterocycles. The van der Waals surface area contributed by atoms with Gasteiger partial charge in [-0.2, -0.15) is 0 Å². The predicted octanol–water partition coefficient (Wildman–Crippen LogP) is 3.79. The quantitative estimate of drug-likeness (QED) is 0.634. The van der Waals surface area contributed by atoms with Crippen LogP contribution in [0.3, 0.4) is 0 Å². The summed E-state index contributed by atoms with van der Waals surface area (Å²) < 4.78 is 0. The molecule has 0 unspecified atom stereocenters. The first kappa shape index (κ1) is 20.0. The van der Waals surface area contributed by atoms with Crippen molar-refractivity contribution in [2.75, 3.05) is 0 Å². The van der Waals surface area contributed by atoms with Crippen LogP contribution < -0.4 is 10.6 Å². The highest BCUT2D eigenvalue weighted by molar-refractivity contribution is 6.05. The topological polar surface area (TPSA) is 71.1 Å². The van der Waals surface area contributed by atoms with Gasteiger partial charge in [0.25, 0.3) is 11.8 Å². The SMILES string of the molecule is Cc1ccc(/C=C(\NC(=O)c2ccc(C)cc2)C(=O)NCc2ccncc2)cc1. The third kappa shape index (κ3) is 5.87. The second kappa shape index (κ2) is 9.46. The van der Waals surface area contributed by atoms with E-state index in [2.05, 4.69) is 15.6 Å². The molecule has 1 heterocycles. The molecule has 2 N–H and O–H groups in total. The maximum absolute atomic E-state index is 12.8. The summed E-state index contributed by atoms with van der Waals surface area (Å²) in [5, 5.41) is 5.60. The van der Waals surface area contributed by atoms with Gasteiger partial charge >= 0.3 is 0 Å². The average molecular weight is 385 g/mol. The third-order valence-corrected chi connectivity index (χ3v) is 4.40. The molecule has 146 valence electrons. The van der Waals surface area contributed by atoms with Crippen LogP contribution in [0.4, 0.5) is 0 Å². The van der Waals surface area contributed by atoms with Crippen LogP contribution in [0.25, 0.3) is 6.08 Å². The molecule has 2 amide bonds. The molecule has 0 atom stereocenters. The highest BCUT2D eigenvalue weighted by atomic mass is 16.2. The van der Waals surface area contributed by atoms with E-state index in [-0.39, 0.29) is 17.5 Å².